The number of epoxide rings is 1. The maximum Gasteiger partial charge on any atom is 0.509 e. The van der Waals surface area contributed by atoms with E-state index in [0.717, 1.165) is 0 Å². The lowest BCUT2D eigenvalue weighted by Crippen LogP contribution is -2.62. The first-order valence-corrected chi connectivity index (χ1v) is 18.3. The quantitative estimate of drug-likeness (QED) is 0.286. The van der Waals surface area contributed by atoms with Crippen LogP contribution in [0, 0.1) is 23.7 Å². The average Bonchev–Trinajstić information content (AvgIpc) is 3.79. The summed E-state index contributed by atoms with van der Waals surface area (Å²) in [5, 5.41) is 22.0. The maximum absolute atomic E-state index is 13.4. The van der Waals surface area contributed by atoms with Crippen molar-refractivity contribution in [2.45, 2.75) is 147 Å². The maximum atomic E-state index is 13.4. The largest absolute Gasteiger partial charge is 0.509 e. The third-order valence-electron chi connectivity index (χ3n) is 11.2. The van der Waals surface area contributed by atoms with Gasteiger partial charge in [0.05, 0.1) is 31.0 Å². The van der Waals surface area contributed by atoms with Gasteiger partial charge in [0.2, 0.25) is 0 Å². The number of ketones is 1. The summed E-state index contributed by atoms with van der Waals surface area (Å²) in [5.74, 6) is -2.20. The molecule has 0 radical (unpaired) electrons. The normalized spacial score (nSPS) is 48.7. The van der Waals surface area contributed by atoms with Crippen LogP contribution in [0.15, 0.2) is 24.3 Å². The SMILES string of the molecule is CO[C@@H]1[C@H](O)[C@@H](C)O[C@@H](OC[C@H]2[C@@H]3O[C@@H]3/C=C/C(=O)[C@H](C)CC(C)[C@H](O[C@@H]3O[C@H](C)CC4(OC(=O)O[C@@H]4C)[C@H]3O)C(C)/C=C/C(=O)O[C@@H]2C)[C@@H]1OC. The number of cyclic esters (lactones) is 2. The molecule has 0 aromatic heterocycles. The Balaban J connectivity index is 1.34. The summed E-state index contributed by atoms with van der Waals surface area (Å²) in [5.41, 5.74) is -1.35. The number of aliphatic hydroxyl groups is 2. The Morgan fingerprint density at radius 1 is 0.827 bits per heavy atom. The third-order valence-corrected chi connectivity index (χ3v) is 11.2. The van der Waals surface area contributed by atoms with Crippen LogP contribution < -0.4 is 0 Å². The molecule has 0 saturated carbocycles. The molecule has 0 aromatic carbocycles. The molecule has 15 nitrogen and oxygen atoms in total. The van der Waals surface area contributed by atoms with Crippen molar-refractivity contribution in [1.29, 1.82) is 0 Å². The number of carbonyl (C=O) groups is 3. The van der Waals surface area contributed by atoms with Gasteiger partial charge in [0, 0.05) is 44.5 Å². The van der Waals surface area contributed by atoms with Gasteiger partial charge in [-0.25, -0.2) is 9.59 Å². The Morgan fingerprint density at radius 2 is 1.54 bits per heavy atom. The molecular formula is C37H56O15. The second-order valence-corrected chi connectivity index (χ2v) is 15.0. The highest BCUT2D eigenvalue weighted by atomic mass is 16.8. The minimum absolute atomic E-state index is 0.0493. The van der Waals surface area contributed by atoms with Crippen molar-refractivity contribution in [3.05, 3.63) is 24.3 Å². The lowest BCUT2D eigenvalue weighted by atomic mass is 9.82. The minimum Gasteiger partial charge on any atom is -0.459 e. The highest BCUT2D eigenvalue weighted by molar-refractivity contribution is 5.91. The third kappa shape index (κ3) is 8.74. The second kappa shape index (κ2) is 16.9. The molecule has 3 unspecified atom stereocenters. The fourth-order valence-electron chi connectivity index (χ4n) is 7.99. The Bertz CT molecular complexity index is 1320. The van der Waals surface area contributed by atoms with E-state index in [4.69, 9.17) is 47.4 Å². The van der Waals surface area contributed by atoms with E-state index in [-0.39, 0.29) is 24.7 Å². The van der Waals surface area contributed by atoms with E-state index < -0.39 is 115 Å². The van der Waals surface area contributed by atoms with E-state index in [0.29, 0.717) is 6.42 Å². The van der Waals surface area contributed by atoms with Crippen molar-refractivity contribution in [3.63, 3.8) is 0 Å². The molecule has 18 atom stereocenters. The fourth-order valence-corrected chi connectivity index (χ4v) is 7.99. The molecule has 5 rings (SSSR count). The van der Waals surface area contributed by atoms with Crippen LogP contribution >= 0.6 is 0 Å². The first-order valence-electron chi connectivity index (χ1n) is 18.3. The lowest BCUT2D eigenvalue weighted by molar-refractivity contribution is -0.308. The van der Waals surface area contributed by atoms with Gasteiger partial charge in [-0.05, 0) is 52.2 Å². The zero-order valence-electron chi connectivity index (χ0n) is 31.4. The molecule has 52 heavy (non-hydrogen) atoms. The van der Waals surface area contributed by atoms with Gasteiger partial charge in [-0.2, -0.15) is 0 Å². The van der Waals surface area contributed by atoms with E-state index in [1.165, 1.54) is 26.4 Å². The van der Waals surface area contributed by atoms with E-state index in [1.807, 2.05) is 20.8 Å². The van der Waals surface area contributed by atoms with E-state index in [1.54, 1.807) is 39.8 Å². The molecule has 5 heterocycles. The molecular weight excluding hydrogens is 684 g/mol. The molecule has 4 fully saturated rings. The number of hydrogen-bond acceptors (Lipinski definition) is 15. The van der Waals surface area contributed by atoms with Crippen LogP contribution in [-0.2, 0) is 57.0 Å². The standard InChI is InChI=1S/C37H56O15/c1-17-10-13-27(39)47-21(5)24(16-45-34-32(44-9)31(43-8)28(40)22(6)48-34)30-26(50-30)12-11-25(38)18(2)14-19(3)29(17)51-35-33(41)37(15-20(4)46-35)23(7)49-36(42)52-37/h10-13,17-24,26,28-35,40-41H,14-16H2,1-9H3/b12-11+,13-10+/t17?,18-,19?,20-,21-,22-,23-,24-,26-,28-,29-,30+,31-,32-,33+,34-,35+,37?/m1/s1. The first kappa shape index (κ1) is 40.7. The molecule has 2 N–H and O–H groups in total. The highest BCUT2D eigenvalue weighted by Crippen LogP contribution is 2.42. The molecule has 4 saturated heterocycles. The second-order valence-electron chi connectivity index (χ2n) is 15.0. The number of esters is 1. The van der Waals surface area contributed by atoms with Crippen molar-refractivity contribution in [3.8, 4) is 0 Å². The number of aliphatic hydroxyl groups excluding tert-OH is 2. The summed E-state index contributed by atoms with van der Waals surface area (Å²) >= 11 is 0. The Kier molecular flexibility index (Phi) is 13.2. The van der Waals surface area contributed by atoms with E-state index in [9.17, 15) is 24.6 Å². The summed E-state index contributed by atoms with van der Waals surface area (Å²) in [6.45, 7) is 12.6. The van der Waals surface area contributed by atoms with Crippen molar-refractivity contribution in [2.24, 2.45) is 23.7 Å². The molecule has 1 spiro atoms. The lowest BCUT2D eigenvalue weighted by Gasteiger charge is -2.46. The Hall–Kier alpha value is -2.47. The van der Waals surface area contributed by atoms with Gasteiger partial charge in [-0.3, -0.25) is 4.79 Å². The molecule has 0 bridgehead atoms. The summed E-state index contributed by atoms with van der Waals surface area (Å²) < 4.78 is 58.3. The van der Waals surface area contributed by atoms with Gasteiger partial charge in [-0.15, -0.1) is 0 Å². The zero-order chi connectivity index (χ0) is 38.1. The molecule has 5 aliphatic heterocycles. The predicted molar refractivity (Wildman–Crippen MR) is 181 cm³/mol. The van der Waals surface area contributed by atoms with Gasteiger partial charge in [-0.1, -0.05) is 26.8 Å². The van der Waals surface area contributed by atoms with Crippen LogP contribution in [0.3, 0.4) is 0 Å². The van der Waals surface area contributed by atoms with Crippen LogP contribution in [0.1, 0.15) is 61.3 Å². The monoisotopic (exact) mass is 740 g/mol. The first-order chi connectivity index (χ1) is 24.6. The number of fused-ring (bicyclic) bond motifs is 1. The molecule has 0 aliphatic carbocycles. The number of allylic oxidation sites excluding steroid dienone is 1. The topological polar surface area (TPSA) is 187 Å². The number of ether oxygens (including phenoxy) is 10. The Labute approximate surface area is 305 Å². The summed E-state index contributed by atoms with van der Waals surface area (Å²) in [6.07, 6.45) is -3.65. The number of methoxy groups -OCH3 is 2. The molecule has 294 valence electrons. The van der Waals surface area contributed by atoms with Gasteiger partial charge in [0.15, 0.2) is 24.0 Å². The fraction of sp³-hybridized carbons (Fsp3) is 0.811. The van der Waals surface area contributed by atoms with Crippen LogP contribution in [0.4, 0.5) is 4.79 Å². The number of rotatable bonds is 7. The van der Waals surface area contributed by atoms with Crippen molar-refractivity contribution < 1.29 is 72.0 Å². The summed E-state index contributed by atoms with van der Waals surface area (Å²) in [4.78, 5) is 38.7. The smallest absolute Gasteiger partial charge is 0.459 e. The molecule has 15 heteroatoms. The summed E-state index contributed by atoms with van der Waals surface area (Å²) in [6, 6.07) is 0. The van der Waals surface area contributed by atoms with Crippen molar-refractivity contribution >= 4 is 17.9 Å². The predicted octanol–water partition coefficient (Wildman–Crippen LogP) is 2.62. The number of hydrogen-bond donors (Lipinski definition) is 2. The Morgan fingerprint density at radius 3 is 2.19 bits per heavy atom. The van der Waals surface area contributed by atoms with Crippen LogP contribution in [0.25, 0.3) is 0 Å². The average molecular weight is 741 g/mol. The van der Waals surface area contributed by atoms with Crippen LogP contribution in [0.5, 0.6) is 0 Å². The minimum atomic E-state index is -1.36. The number of carbonyl (C=O) groups excluding carboxylic acids is 3. The molecule has 5 aliphatic rings. The van der Waals surface area contributed by atoms with Crippen molar-refractivity contribution in [2.75, 3.05) is 20.8 Å². The van der Waals surface area contributed by atoms with E-state index in [2.05, 4.69) is 0 Å². The van der Waals surface area contributed by atoms with Crippen molar-refractivity contribution in [1.82, 2.24) is 0 Å². The van der Waals surface area contributed by atoms with E-state index >= 15 is 0 Å². The van der Waals surface area contributed by atoms with Gasteiger partial charge in [0.25, 0.3) is 0 Å². The summed E-state index contributed by atoms with van der Waals surface area (Å²) in [7, 11) is 2.96. The zero-order valence-corrected chi connectivity index (χ0v) is 31.4. The highest BCUT2D eigenvalue weighted by Gasteiger charge is 2.61. The molecule has 0 aromatic rings. The molecule has 0 amide bonds. The van der Waals surface area contributed by atoms with Gasteiger partial charge in [0.1, 0.15) is 42.7 Å². The van der Waals surface area contributed by atoms with Crippen LogP contribution in [-0.4, -0.2) is 134 Å². The van der Waals surface area contributed by atoms with Gasteiger partial charge >= 0.3 is 12.1 Å². The van der Waals surface area contributed by atoms with Crippen LogP contribution in [0.2, 0.25) is 0 Å². The van der Waals surface area contributed by atoms with Gasteiger partial charge < -0.3 is 57.6 Å².